The first-order chi connectivity index (χ1) is 9.90. The largest absolute Gasteiger partial charge is 0.396 e. The number of amides is 1. The molecule has 1 saturated carbocycles. The maximum atomic E-state index is 13.9. The molecule has 5 heteroatoms. The van der Waals surface area contributed by atoms with Crippen LogP contribution in [0.15, 0.2) is 12.1 Å². The molecule has 1 aliphatic rings. The van der Waals surface area contributed by atoms with Crippen molar-refractivity contribution in [2.75, 3.05) is 5.73 Å². The van der Waals surface area contributed by atoms with Crippen molar-refractivity contribution in [3.8, 4) is 0 Å². The van der Waals surface area contributed by atoms with Gasteiger partial charge in [-0.2, -0.15) is 0 Å². The van der Waals surface area contributed by atoms with Gasteiger partial charge < -0.3 is 11.1 Å². The monoisotopic (exact) mass is 296 g/mol. The second-order valence-corrected chi connectivity index (χ2v) is 6.13. The van der Waals surface area contributed by atoms with Crippen molar-refractivity contribution in [2.45, 2.75) is 45.6 Å². The van der Waals surface area contributed by atoms with Crippen molar-refractivity contribution in [2.24, 2.45) is 11.8 Å². The Morgan fingerprint density at radius 1 is 1.29 bits per heavy atom. The van der Waals surface area contributed by atoms with Gasteiger partial charge in [-0.1, -0.05) is 26.7 Å². The van der Waals surface area contributed by atoms with Gasteiger partial charge in [-0.15, -0.1) is 0 Å². The van der Waals surface area contributed by atoms with Crippen LogP contribution in [-0.4, -0.2) is 11.9 Å². The molecule has 0 saturated heterocycles. The number of carbonyl (C=O) groups excluding carboxylic acids is 1. The van der Waals surface area contributed by atoms with Gasteiger partial charge in [-0.25, -0.2) is 8.78 Å². The lowest BCUT2D eigenvalue weighted by atomic mass is 9.78. The highest BCUT2D eigenvalue weighted by Crippen LogP contribution is 2.30. The van der Waals surface area contributed by atoms with Crippen LogP contribution in [0.3, 0.4) is 0 Å². The van der Waals surface area contributed by atoms with E-state index < -0.39 is 17.5 Å². The fraction of sp³-hybridized carbons (Fsp3) is 0.562. The number of hydrogen-bond donors (Lipinski definition) is 2. The fourth-order valence-corrected chi connectivity index (χ4v) is 3.16. The highest BCUT2D eigenvalue weighted by atomic mass is 19.1. The lowest BCUT2D eigenvalue weighted by Crippen LogP contribution is -2.44. The summed E-state index contributed by atoms with van der Waals surface area (Å²) >= 11 is 0. The molecule has 2 rings (SSSR count). The molecule has 2 unspecified atom stereocenters. The van der Waals surface area contributed by atoms with Gasteiger partial charge in [0.25, 0.3) is 5.91 Å². The summed E-state index contributed by atoms with van der Waals surface area (Å²) in [6, 6.07) is 1.79. The average Bonchev–Trinajstić information content (AvgIpc) is 2.43. The summed E-state index contributed by atoms with van der Waals surface area (Å²) in [6.45, 7) is 4.24. The van der Waals surface area contributed by atoms with E-state index in [4.69, 9.17) is 5.73 Å². The molecule has 1 fully saturated rings. The molecule has 116 valence electrons. The minimum Gasteiger partial charge on any atom is -0.396 e. The predicted octanol–water partition coefficient (Wildman–Crippen LogP) is 3.49. The van der Waals surface area contributed by atoms with Gasteiger partial charge in [-0.3, -0.25) is 4.79 Å². The molecule has 0 aliphatic heterocycles. The van der Waals surface area contributed by atoms with Crippen LogP contribution in [-0.2, 0) is 0 Å². The van der Waals surface area contributed by atoms with Crippen LogP contribution in [0.4, 0.5) is 14.5 Å². The lowest BCUT2D eigenvalue weighted by Gasteiger charge is -2.35. The van der Waals surface area contributed by atoms with Crippen LogP contribution < -0.4 is 11.1 Å². The Balaban J connectivity index is 2.17. The van der Waals surface area contributed by atoms with E-state index in [1.807, 2.05) is 0 Å². The first-order valence-corrected chi connectivity index (χ1v) is 7.45. The Morgan fingerprint density at radius 2 is 1.95 bits per heavy atom. The summed E-state index contributed by atoms with van der Waals surface area (Å²) in [4.78, 5) is 12.2. The summed E-state index contributed by atoms with van der Waals surface area (Å²) < 4.78 is 27.2. The quantitative estimate of drug-likeness (QED) is 0.839. The first kappa shape index (κ1) is 15.7. The molecule has 0 spiro atoms. The number of hydrogen-bond acceptors (Lipinski definition) is 2. The van der Waals surface area contributed by atoms with Crippen molar-refractivity contribution >= 4 is 11.6 Å². The van der Waals surface area contributed by atoms with Crippen LogP contribution in [0.5, 0.6) is 0 Å². The van der Waals surface area contributed by atoms with Gasteiger partial charge in [0.1, 0.15) is 5.82 Å². The van der Waals surface area contributed by atoms with E-state index in [0.717, 1.165) is 37.8 Å². The molecular formula is C16H22F2N2O. The third-order valence-corrected chi connectivity index (χ3v) is 4.30. The SMILES string of the molecule is CC(C)C1CCCCC1NC(=O)c1cc(F)cc(N)c1F. The van der Waals surface area contributed by atoms with Crippen LogP contribution >= 0.6 is 0 Å². The molecule has 1 aromatic carbocycles. The van der Waals surface area contributed by atoms with Gasteiger partial charge >= 0.3 is 0 Å². The molecule has 0 radical (unpaired) electrons. The Kier molecular flexibility index (Phi) is 4.80. The number of rotatable bonds is 3. The summed E-state index contributed by atoms with van der Waals surface area (Å²) in [6.07, 6.45) is 4.12. The summed E-state index contributed by atoms with van der Waals surface area (Å²) in [7, 11) is 0. The molecule has 1 aromatic rings. The minimum absolute atomic E-state index is 0.00939. The summed E-state index contributed by atoms with van der Waals surface area (Å²) in [5.74, 6) is -1.33. The third-order valence-electron chi connectivity index (χ3n) is 4.30. The molecular weight excluding hydrogens is 274 g/mol. The molecule has 3 nitrogen and oxygen atoms in total. The van der Waals surface area contributed by atoms with E-state index in [2.05, 4.69) is 19.2 Å². The number of benzene rings is 1. The van der Waals surface area contributed by atoms with Crippen molar-refractivity contribution in [3.05, 3.63) is 29.3 Å². The number of nitrogens with two attached hydrogens (primary N) is 1. The first-order valence-electron chi connectivity index (χ1n) is 7.45. The van der Waals surface area contributed by atoms with Crippen LogP contribution in [0.2, 0.25) is 0 Å². The molecule has 1 aliphatic carbocycles. The molecule has 0 aromatic heterocycles. The van der Waals surface area contributed by atoms with Crippen molar-refractivity contribution in [1.82, 2.24) is 5.32 Å². The topological polar surface area (TPSA) is 55.1 Å². The number of nitrogen functional groups attached to an aromatic ring is 1. The number of carbonyl (C=O) groups is 1. The molecule has 0 bridgehead atoms. The van der Waals surface area contributed by atoms with Gasteiger partial charge in [-0.05, 0) is 36.8 Å². The van der Waals surface area contributed by atoms with E-state index in [0.29, 0.717) is 11.8 Å². The van der Waals surface area contributed by atoms with Gasteiger partial charge in [0.05, 0.1) is 11.3 Å². The van der Waals surface area contributed by atoms with E-state index >= 15 is 0 Å². The predicted molar refractivity (Wildman–Crippen MR) is 78.8 cm³/mol. The zero-order valence-electron chi connectivity index (χ0n) is 12.5. The Hall–Kier alpha value is -1.65. The van der Waals surface area contributed by atoms with Gasteiger partial charge in [0.2, 0.25) is 0 Å². The molecule has 0 heterocycles. The van der Waals surface area contributed by atoms with Crippen LogP contribution in [0.1, 0.15) is 49.9 Å². The zero-order chi connectivity index (χ0) is 15.6. The Morgan fingerprint density at radius 3 is 2.62 bits per heavy atom. The zero-order valence-corrected chi connectivity index (χ0v) is 12.5. The maximum Gasteiger partial charge on any atom is 0.254 e. The Labute approximate surface area is 123 Å². The standard InChI is InChI=1S/C16H22F2N2O/c1-9(2)11-5-3-4-6-14(11)20-16(21)12-7-10(17)8-13(19)15(12)18/h7-9,11,14H,3-6,19H2,1-2H3,(H,20,21). The molecule has 3 N–H and O–H groups in total. The normalized spacial score (nSPS) is 22.3. The highest BCUT2D eigenvalue weighted by Gasteiger charge is 2.29. The second kappa shape index (κ2) is 6.41. The lowest BCUT2D eigenvalue weighted by molar-refractivity contribution is 0.0884. The van der Waals surface area contributed by atoms with Crippen molar-refractivity contribution < 1.29 is 13.6 Å². The molecule has 1 amide bonds. The molecule has 2 atom stereocenters. The smallest absolute Gasteiger partial charge is 0.254 e. The number of halogens is 2. The minimum atomic E-state index is -0.856. The van der Waals surface area contributed by atoms with E-state index in [1.165, 1.54) is 0 Å². The summed E-state index contributed by atoms with van der Waals surface area (Å²) in [5, 5.41) is 2.86. The van der Waals surface area contributed by atoms with E-state index in [9.17, 15) is 13.6 Å². The van der Waals surface area contributed by atoms with Gasteiger partial charge in [0, 0.05) is 6.04 Å². The third kappa shape index (κ3) is 3.52. The van der Waals surface area contributed by atoms with E-state index in [1.54, 1.807) is 0 Å². The van der Waals surface area contributed by atoms with Crippen LogP contribution in [0.25, 0.3) is 0 Å². The maximum absolute atomic E-state index is 13.9. The summed E-state index contributed by atoms with van der Waals surface area (Å²) in [5.41, 5.74) is 4.71. The second-order valence-electron chi connectivity index (χ2n) is 6.13. The van der Waals surface area contributed by atoms with Crippen molar-refractivity contribution in [1.29, 1.82) is 0 Å². The average molecular weight is 296 g/mol. The number of nitrogens with one attached hydrogen (secondary N) is 1. The van der Waals surface area contributed by atoms with E-state index in [-0.39, 0.29) is 17.3 Å². The van der Waals surface area contributed by atoms with Crippen molar-refractivity contribution in [3.63, 3.8) is 0 Å². The van der Waals surface area contributed by atoms with Gasteiger partial charge in [0.15, 0.2) is 5.82 Å². The molecule has 21 heavy (non-hydrogen) atoms. The fourth-order valence-electron chi connectivity index (χ4n) is 3.16. The Bertz CT molecular complexity index is 531. The van der Waals surface area contributed by atoms with Crippen LogP contribution in [0, 0.1) is 23.5 Å². The number of anilines is 1. The highest BCUT2D eigenvalue weighted by molar-refractivity contribution is 5.95.